The highest BCUT2D eigenvalue weighted by Crippen LogP contribution is 2.32. The molecular formula is C21H34N6O+2. The normalized spacial score (nSPS) is 24.8. The highest BCUT2D eigenvalue weighted by atomic mass is 16.5. The smallest absolute Gasteiger partial charge is 0.214 e. The summed E-state index contributed by atoms with van der Waals surface area (Å²) in [6, 6.07) is 8.94. The number of aromatic nitrogens is 4. The van der Waals surface area contributed by atoms with E-state index >= 15 is 0 Å². The van der Waals surface area contributed by atoms with Crippen molar-refractivity contribution in [2.24, 2.45) is 0 Å². The minimum atomic E-state index is 0.117. The number of tetrazole rings is 1. The summed E-state index contributed by atoms with van der Waals surface area (Å²) in [5, 5.41) is 13.2. The number of nitrogens with zero attached hydrogens (tertiary/aromatic N) is 4. The number of benzene rings is 1. The maximum Gasteiger partial charge on any atom is 0.214 e. The molecule has 0 spiro atoms. The van der Waals surface area contributed by atoms with Gasteiger partial charge in [0.05, 0.1) is 25.3 Å². The Hall–Kier alpha value is -1.99. The van der Waals surface area contributed by atoms with Crippen LogP contribution in [-0.4, -0.2) is 60.0 Å². The number of likely N-dealkylation sites (N-methyl/N-ethyl adjacent to an activating group) is 1. The van der Waals surface area contributed by atoms with Crippen molar-refractivity contribution in [3.05, 3.63) is 35.7 Å². The third-order valence-corrected chi connectivity index (χ3v) is 6.65. The van der Waals surface area contributed by atoms with E-state index in [1.54, 1.807) is 16.9 Å². The quantitative estimate of drug-likeness (QED) is 0.738. The second kappa shape index (κ2) is 9.01. The van der Waals surface area contributed by atoms with E-state index in [-0.39, 0.29) is 6.04 Å². The summed E-state index contributed by atoms with van der Waals surface area (Å²) in [6.07, 6.45) is 6.24. The summed E-state index contributed by atoms with van der Waals surface area (Å²) in [5.41, 5.74) is 1.20. The van der Waals surface area contributed by atoms with Crippen LogP contribution in [0.2, 0.25) is 0 Å². The Morgan fingerprint density at radius 3 is 2.57 bits per heavy atom. The predicted molar refractivity (Wildman–Crippen MR) is 107 cm³/mol. The first-order chi connectivity index (χ1) is 13.8. The molecule has 2 heterocycles. The molecule has 1 saturated carbocycles. The minimum Gasteiger partial charge on any atom is -0.496 e. The van der Waals surface area contributed by atoms with Crippen LogP contribution in [-0.2, 0) is 0 Å². The highest BCUT2D eigenvalue weighted by Gasteiger charge is 2.38. The van der Waals surface area contributed by atoms with Crippen molar-refractivity contribution in [1.82, 2.24) is 20.2 Å². The molecule has 28 heavy (non-hydrogen) atoms. The van der Waals surface area contributed by atoms with Gasteiger partial charge in [0.2, 0.25) is 5.82 Å². The van der Waals surface area contributed by atoms with Gasteiger partial charge in [0.25, 0.3) is 0 Å². The molecule has 0 bridgehead atoms. The van der Waals surface area contributed by atoms with E-state index in [0.717, 1.165) is 24.7 Å². The monoisotopic (exact) mass is 386 g/mol. The number of para-hydroxylation sites is 1. The third-order valence-electron chi connectivity index (χ3n) is 6.65. The van der Waals surface area contributed by atoms with Gasteiger partial charge in [-0.2, -0.15) is 0 Å². The van der Waals surface area contributed by atoms with Crippen LogP contribution in [0, 0.1) is 0 Å². The number of piperazine rings is 1. The minimum absolute atomic E-state index is 0.117. The molecule has 1 aromatic carbocycles. The number of hydrogen-bond donors (Lipinski definition) is 2. The van der Waals surface area contributed by atoms with Crippen LogP contribution in [0.1, 0.15) is 62.5 Å². The summed E-state index contributed by atoms with van der Waals surface area (Å²) >= 11 is 0. The van der Waals surface area contributed by atoms with Crippen molar-refractivity contribution in [3.63, 3.8) is 0 Å². The Morgan fingerprint density at radius 1 is 1.11 bits per heavy atom. The van der Waals surface area contributed by atoms with Crippen molar-refractivity contribution in [2.75, 3.05) is 39.8 Å². The molecule has 4 rings (SSSR count). The Bertz CT molecular complexity index is 749. The molecule has 1 aliphatic carbocycles. The van der Waals surface area contributed by atoms with Crippen molar-refractivity contribution < 1.29 is 14.5 Å². The van der Waals surface area contributed by atoms with Gasteiger partial charge >= 0.3 is 0 Å². The van der Waals surface area contributed by atoms with Crippen LogP contribution in [0.5, 0.6) is 5.75 Å². The van der Waals surface area contributed by atoms with Gasteiger partial charge < -0.3 is 14.5 Å². The van der Waals surface area contributed by atoms with Gasteiger partial charge in [-0.3, -0.25) is 0 Å². The van der Waals surface area contributed by atoms with E-state index in [1.807, 2.05) is 6.07 Å². The van der Waals surface area contributed by atoms with Crippen LogP contribution < -0.4 is 14.5 Å². The Kier molecular flexibility index (Phi) is 6.22. The number of quaternary nitrogens is 2. The number of nitrogens with one attached hydrogen (secondary N) is 2. The summed E-state index contributed by atoms with van der Waals surface area (Å²) in [4.78, 5) is 3.24. The summed E-state index contributed by atoms with van der Waals surface area (Å²) in [5.74, 6) is 1.94. The van der Waals surface area contributed by atoms with Crippen LogP contribution in [0.4, 0.5) is 0 Å². The molecule has 0 amide bonds. The van der Waals surface area contributed by atoms with Crippen molar-refractivity contribution in [1.29, 1.82) is 0 Å². The Balaban J connectivity index is 1.71. The lowest BCUT2D eigenvalue weighted by Gasteiger charge is -2.35. The lowest BCUT2D eigenvalue weighted by Crippen LogP contribution is -3.28. The van der Waals surface area contributed by atoms with E-state index in [1.165, 1.54) is 57.3 Å². The van der Waals surface area contributed by atoms with Gasteiger partial charge in [0.15, 0.2) is 6.04 Å². The first kappa shape index (κ1) is 19.3. The maximum atomic E-state index is 5.75. The van der Waals surface area contributed by atoms with Crippen LogP contribution >= 0.6 is 0 Å². The average molecular weight is 387 g/mol. The number of ether oxygens (including phenoxy) is 1. The van der Waals surface area contributed by atoms with Gasteiger partial charge in [-0.05, 0) is 42.3 Å². The SMILES string of the molecule is CC[NH+]1CC[NH+]([C@H](c2ccccc2OC)c2nnnn2C2CCCCC2)CC1. The zero-order chi connectivity index (χ0) is 19.3. The van der Waals surface area contributed by atoms with Gasteiger partial charge in [0, 0.05) is 0 Å². The molecule has 2 fully saturated rings. The fourth-order valence-corrected chi connectivity index (χ4v) is 4.99. The topological polar surface area (TPSA) is 61.7 Å². The molecule has 2 aliphatic rings. The van der Waals surface area contributed by atoms with Crippen molar-refractivity contribution >= 4 is 0 Å². The molecule has 7 nitrogen and oxygen atoms in total. The summed E-state index contributed by atoms with van der Waals surface area (Å²) < 4.78 is 7.89. The third kappa shape index (κ3) is 3.91. The molecule has 1 saturated heterocycles. The number of hydrogen-bond acceptors (Lipinski definition) is 4. The second-order valence-corrected chi connectivity index (χ2v) is 8.21. The first-order valence-corrected chi connectivity index (χ1v) is 10.9. The zero-order valence-corrected chi connectivity index (χ0v) is 17.2. The Morgan fingerprint density at radius 2 is 1.86 bits per heavy atom. The summed E-state index contributed by atoms with van der Waals surface area (Å²) in [7, 11) is 1.76. The molecule has 0 unspecified atom stereocenters. The fourth-order valence-electron chi connectivity index (χ4n) is 4.99. The molecule has 2 aromatic rings. The van der Waals surface area contributed by atoms with E-state index in [2.05, 4.69) is 45.3 Å². The summed E-state index contributed by atoms with van der Waals surface area (Å²) in [6.45, 7) is 8.13. The second-order valence-electron chi connectivity index (χ2n) is 8.21. The van der Waals surface area contributed by atoms with E-state index in [0.29, 0.717) is 6.04 Å². The molecule has 7 heteroatoms. The fraction of sp³-hybridized carbons (Fsp3) is 0.667. The highest BCUT2D eigenvalue weighted by molar-refractivity contribution is 5.37. The molecular weight excluding hydrogens is 352 g/mol. The van der Waals surface area contributed by atoms with E-state index in [9.17, 15) is 0 Å². The maximum absolute atomic E-state index is 5.75. The largest absolute Gasteiger partial charge is 0.496 e. The van der Waals surface area contributed by atoms with Crippen LogP contribution in [0.15, 0.2) is 24.3 Å². The van der Waals surface area contributed by atoms with Gasteiger partial charge in [-0.15, -0.1) is 5.10 Å². The van der Waals surface area contributed by atoms with Crippen molar-refractivity contribution in [3.8, 4) is 5.75 Å². The van der Waals surface area contributed by atoms with Gasteiger partial charge in [-0.1, -0.05) is 31.4 Å². The lowest BCUT2D eigenvalue weighted by atomic mass is 9.95. The molecule has 1 aromatic heterocycles. The molecule has 0 radical (unpaired) electrons. The lowest BCUT2D eigenvalue weighted by molar-refractivity contribution is -1.02. The van der Waals surface area contributed by atoms with Crippen LogP contribution in [0.3, 0.4) is 0 Å². The Labute approximate surface area is 167 Å². The first-order valence-electron chi connectivity index (χ1n) is 10.9. The van der Waals surface area contributed by atoms with E-state index < -0.39 is 0 Å². The average Bonchev–Trinajstić information content (AvgIpc) is 3.25. The number of methoxy groups -OCH3 is 1. The van der Waals surface area contributed by atoms with Crippen molar-refractivity contribution in [2.45, 2.75) is 51.1 Å². The zero-order valence-electron chi connectivity index (χ0n) is 17.2. The predicted octanol–water partition coefficient (Wildman–Crippen LogP) is 0.0796. The van der Waals surface area contributed by atoms with E-state index in [4.69, 9.17) is 4.74 Å². The molecule has 1 aliphatic heterocycles. The molecule has 1 atom stereocenters. The van der Waals surface area contributed by atoms with Crippen LogP contribution in [0.25, 0.3) is 0 Å². The van der Waals surface area contributed by atoms with Gasteiger partial charge in [0.1, 0.15) is 31.9 Å². The van der Waals surface area contributed by atoms with Gasteiger partial charge in [-0.25, -0.2) is 4.68 Å². The number of rotatable bonds is 6. The standard InChI is InChI=1S/C21H32N6O/c1-3-25-13-15-26(16-14-25)20(18-11-7-8-12-19(18)28-2)21-22-23-24-27(21)17-9-5-4-6-10-17/h7-8,11-12,17,20H,3-6,9-10,13-16H2,1-2H3/p+2/t20-/m1/s1. The molecule has 152 valence electrons. The molecule has 2 N–H and O–H groups in total.